The van der Waals surface area contributed by atoms with E-state index in [1.165, 1.54) is 62.5 Å². The topological polar surface area (TPSA) is 53.5 Å². The largest absolute Gasteiger partial charge is 0.313 e. The van der Waals surface area contributed by atoms with E-state index in [9.17, 15) is 0 Å². The molecule has 0 amide bonds. The van der Waals surface area contributed by atoms with Crippen molar-refractivity contribution in [1.82, 2.24) is 28.7 Å². The van der Waals surface area contributed by atoms with Gasteiger partial charge < -0.3 is 9.13 Å². The van der Waals surface area contributed by atoms with Crippen molar-refractivity contribution < 1.29 is 0 Å². The van der Waals surface area contributed by atoms with Crippen molar-refractivity contribution in [2.75, 3.05) is 0 Å². The molecule has 0 saturated carbocycles. The molecule has 7 aromatic carbocycles. The lowest BCUT2D eigenvalue weighted by Crippen LogP contribution is -2.06. The van der Waals surface area contributed by atoms with E-state index in [2.05, 4.69) is 147 Å². The predicted molar refractivity (Wildman–Crippen MR) is 233 cm³/mol. The summed E-state index contributed by atoms with van der Waals surface area (Å²) >= 11 is 0. The van der Waals surface area contributed by atoms with E-state index in [-0.39, 0.29) is 0 Å². The zero-order valence-electron chi connectivity index (χ0n) is 31.2. The van der Waals surface area contributed by atoms with Crippen LogP contribution in [0.1, 0.15) is 24.1 Å². The van der Waals surface area contributed by atoms with Gasteiger partial charge in [-0.3, -0.25) is 4.57 Å². The van der Waals surface area contributed by atoms with Crippen molar-refractivity contribution in [1.29, 1.82) is 0 Å². The molecule has 1 aliphatic rings. The number of aromatic nitrogens is 6. The average molecular weight is 733 g/mol. The van der Waals surface area contributed by atoms with Crippen molar-refractivity contribution in [3.8, 4) is 40.1 Å². The first-order valence-electron chi connectivity index (χ1n) is 19.8. The number of hydrogen-bond donors (Lipinski definition) is 0. The van der Waals surface area contributed by atoms with Gasteiger partial charge >= 0.3 is 0 Å². The van der Waals surface area contributed by atoms with Gasteiger partial charge in [-0.05, 0) is 79.8 Å². The fourth-order valence-electron chi connectivity index (χ4n) is 9.43. The first-order chi connectivity index (χ1) is 28.3. The SMILES string of the molecule is c1ccc(-c2nc(-c3ccccc3)nc(-n3c4ccccc4c4cc(-n5c6ccccc6c6ccc7c(c8c(n7-c7ccccc7)CCCC8)c65)ccc43)n2)cc1. The molecular formula is C51H36N6. The molecule has 57 heavy (non-hydrogen) atoms. The summed E-state index contributed by atoms with van der Waals surface area (Å²) in [5.41, 5.74) is 13.1. The first-order valence-corrected chi connectivity index (χ1v) is 19.8. The number of fused-ring (bicyclic) bond motifs is 10. The van der Waals surface area contributed by atoms with Crippen LogP contribution < -0.4 is 0 Å². The molecule has 0 saturated heterocycles. The summed E-state index contributed by atoms with van der Waals surface area (Å²) in [4.78, 5) is 15.3. The summed E-state index contributed by atoms with van der Waals surface area (Å²) in [6, 6.07) is 60.4. The van der Waals surface area contributed by atoms with Crippen molar-refractivity contribution in [3.63, 3.8) is 0 Å². The molecule has 0 unspecified atom stereocenters. The Kier molecular flexibility index (Phi) is 7.08. The van der Waals surface area contributed by atoms with Gasteiger partial charge in [0.15, 0.2) is 11.6 Å². The molecule has 0 radical (unpaired) electrons. The molecule has 6 heteroatoms. The maximum absolute atomic E-state index is 5.16. The minimum atomic E-state index is 0.592. The highest BCUT2D eigenvalue weighted by Gasteiger charge is 2.26. The Morgan fingerprint density at radius 3 is 1.65 bits per heavy atom. The number of rotatable bonds is 5. The smallest absolute Gasteiger partial charge is 0.238 e. The summed E-state index contributed by atoms with van der Waals surface area (Å²) in [6.45, 7) is 0. The van der Waals surface area contributed by atoms with Gasteiger partial charge in [0.2, 0.25) is 5.95 Å². The summed E-state index contributed by atoms with van der Waals surface area (Å²) < 4.78 is 7.26. The molecule has 0 N–H and O–H groups in total. The Morgan fingerprint density at radius 2 is 0.947 bits per heavy atom. The van der Waals surface area contributed by atoms with Crippen LogP contribution in [0.15, 0.2) is 170 Å². The fraction of sp³-hybridized carbons (Fsp3) is 0.0784. The summed E-state index contributed by atoms with van der Waals surface area (Å²) in [7, 11) is 0. The molecular weight excluding hydrogens is 697 g/mol. The van der Waals surface area contributed by atoms with Crippen LogP contribution in [0.4, 0.5) is 0 Å². The Morgan fingerprint density at radius 1 is 0.386 bits per heavy atom. The minimum Gasteiger partial charge on any atom is -0.313 e. The second kappa shape index (κ2) is 12.6. The molecule has 12 rings (SSSR count). The monoisotopic (exact) mass is 732 g/mol. The van der Waals surface area contributed by atoms with Crippen LogP contribution in [-0.4, -0.2) is 28.7 Å². The molecule has 4 heterocycles. The maximum Gasteiger partial charge on any atom is 0.238 e. The first kappa shape index (κ1) is 32.0. The van der Waals surface area contributed by atoms with Crippen molar-refractivity contribution in [3.05, 3.63) is 181 Å². The third-order valence-electron chi connectivity index (χ3n) is 11.9. The van der Waals surface area contributed by atoms with Crippen molar-refractivity contribution >= 4 is 54.5 Å². The molecule has 11 aromatic rings. The van der Waals surface area contributed by atoms with E-state index in [1.54, 1.807) is 0 Å². The van der Waals surface area contributed by atoms with Crippen LogP contribution in [0, 0.1) is 0 Å². The second-order valence-electron chi connectivity index (χ2n) is 15.1. The van der Waals surface area contributed by atoms with E-state index in [0.29, 0.717) is 17.6 Å². The van der Waals surface area contributed by atoms with Gasteiger partial charge in [-0.15, -0.1) is 0 Å². The van der Waals surface area contributed by atoms with Crippen LogP contribution in [0.25, 0.3) is 94.6 Å². The van der Waals surface area contributed by atoms with Crippen molar-refractivity contribution in [2.24, 2.45) is 0 Å². The zero-order valence-corrected chi connectivity index (χ0v) is 31.2. The quantitative estimate of drug-likeness (QED) is 0.177. The van der Waals surface area contributed by atoms with E-state index < -0.39 is 0 Å². The Hall–Kier alpha value is -7.31. The van der Waals surface area contributed by atoms with Crippen LogP contribution in [0.2, 0.25) is 0 Å². The van der Waals surface area contributed by atoms with Crippen LogP contribution in [-0.2, 0) is 12.8 Å². The Labute approximate surface area is 328 Å². The van der Waals surface area contributed by atoms with Gasteiger partial charge in [-0.25, -0.2) is 4.98 Å². The van der Waals surface area contributed by atoms with E-state index in [0.717, 1.165) is 51.5 Å². The number of hydrogen-bond acceptors (Lipinski definition) is 3. The summed E-state index contributed by atoms with van der Waals surface area (Å²) in [5, 5.41) is 6.22. The zero-order chi connectivity index (χ0) is 37.5. The summed E-state index contributed by atoms with van der Waals surface area (Å²) in [6.07, 6.45) is 4.59. The van der Waals surface area contributed by atoms with Crippen LogP contribution in [0.3, 0.4) is 0 Å². The second-order valence-corrected chi connectivity index (χ2v) is 15.1. The van der Waals surface area contributed by atoms with Crippen LogP contribution >= 0.6 is 0 Å². The molecule has 0 fully saturated rings. The van der Waals surface area contributed by atoms with Gasteiger partial charge in [0.05, 0.1) is 27.6 Å². The van der Waals surface area contributed by atoms with Gasteiger partial charge in [0, 0.05) is 55.1 Å². The third kappa shape index (κ3) is 4.87. The van der Waals surface area contributed by atoms with E-state index in [4.69, 9.17) is 15.0 Å². The van der Waals surface area contributed by atoms with Gasteiger partial charge in [0.25, 0.3) is 0 Å². The Bertz CT molecular complexity index is 3280. The number of benzene rings is 7. The predicted octanol–water partition coefficient (Wildman–Crippen LogP) is 12.2. The Balaban J connectivity index is 1.14. The highest BCUT2D eigenvalue weighted by Crippen LogP contribution is 2.44. The number of para-hydroxylation sites is 3. The fourth-order valence-corrected chi connectivity index (χ4v) is 9.43. The van der Waals surface area contributed by atoms with Crippen molar-refractivity contribution in [2.45, 2.75) is 25.7 Å². The van der Waals surface area contributed by atoms with E-state index in [1.807, 2.05) is 36.4 Å². The number of aryl methyl sites for hydroxylation is 1. The van der Waals surface area contributed by atoms with E-state index >= 15 is 0 Å². The molecule has 1 aliphatic carbocycles. The third-order valence-corrected chi connectivity index (χ3v) is 11.9. The van der Waals surface area contributed by atoms with Crippen LogP contribution in [0.5, 0.6) is 0 Å². The molecule has 0 atom stereocenters. The van der Waals surface area contributed by atoms with Gasteiger partial charge in [-0.2, -0.15) is 9.97 Å². The number of nitrogens with zero attached hydrogens (tertiary/aromatic N) is 6. The molecule has 4 aromatic heterocycles. The summed E-state index contributed by atoms with van der Waals surface area (Å²) in [5.74, 6) is 1.87. The molecule has 6 nitrogen and oxygen atoms in total. The lowest BCUT2D eigenvalue weighted by atomic mass is 9.94. The van der Waals surface area contributed by atoms with Gasteiger partial charge in [0.1, 0.15) is 0 Å². The molecule has 0 bridgehead atoms. The lowest BCUT2D eigenvalue weighted by Gasteiger charge is -2.16. The van der Waals surface area contributed by atoms with Gasteiger partial charge in [-0.1, -0.05) is 121 Å². The normalized spacial score (nSPS) is 13.0. The average Bonchev–Trinajstić information content (AvgIpc) is 3.92. The minimum absolute atomic E-state index is 0.592. The highest BCUT2D eigenvalue weighted by atomic mass is 15.2. The highest BCUT2D eigenvalue weighted by molar-refractivity contribution is 6.20. The molecule has 0 aliphatic heterocycles. The standard InChI is InChI=1S/C51H36N6/c1-4-16-33(17-5-1)49-52-50(34-18-6-2-7-19-34)54-51(53-49)57-43-26-14-11-23-38(43)41-32-36(28-30-45(41)57)56-42-25-13-10-22-37(42)39-29-31-46-47(48(39)56)40-24-12-15-27-44(40)55(46)35-20-8-3-9-21-35/h1-11,13-14,16-23,25-26,28-32H,12,15,24,27H2. The molecule has 270 valence electrons. The lowest BCUT2D eigenvalue weighted by molar-refractivity contribution is 0.667. The maximum atomic E-state index is 5.16. The molecule has 0 spiro atoms.